The maximum Gasteiger partial charge on any atom is 0.251 e. The number of fused-ring (bicyclic) bond motifs is 1. The normalized spacial score (nSPS) is 12.3. The summed E-state index contributed by atoms with van der Waals surface area (Å²) in [5, 5.41) is 5.33. The van der Waals surface area contributed by atoms with Gasteiger partial charge in [0.2, 0.25) is 0 Å². The Bertz CT molecular complexity index is 930. The quantitative estimate of drug-likeness (QED) is 0.654. The van der Waals surface area contributed by atoms with Crippen molar-refractivity contribution in [1.29, 1.82) is 0 Å². The molecule has 3 aromatic rings. The van der Waals surface area contributed by atoms with E-state index < -0.39 is 6.29 Å². The summed E-state index contributed by atoms with van der Waals surface area (Å²) in [5.74, 6) is -0.150. The molecule has 4 nitrogen and oxygen atoms in total. The number of hydrogen-bond acceptors (Lipinski definition) is 3. The Kier molecular flexibility index (Phi) is 5.89. The Morgan fingerprint density at radius 3 is 2.26 bits per heavy atom. The number of carbonyl (C=O) groups excluding carboxylic acids is 1. The van der Waals surface area contributed by atoms with Gasteiger partial charge in [-0.2, -0.15) is 0 Å². The number of aryl methyl sites for hydroxylation is 1. The molecule has 1 N–H and O–H groups in total. The summed E-state index contributed by atoms with van der Waals surface area (Å²) >= 11 is 0. The molecule has 0 saturated carbocycles. The van der Waals surface area contributed by atoms with Crippen molar-refractivity contribution in [3.05, 3.63) is 71.8 Å². The lowest BCUT2D eigenvalue weighted by Gasteiger charge is -2.22. The minimum atomic E-state index is -0.480. The second kappa shape index (κ2) is 8.33. The monoisotopic (exact) mass is 363 g/mol. The van der Waals surface area contributed by atoms with Gasteiger partial charge < -0.3 is 14.8 Å². The molecule has 0 aliphatic carbocycles. The molecule has 1 unspecified atom stereocenters. The van der Waals surface area contributed by atoms with E-state index in [2.05, 4.69) is 42.6 Å². The maximum atomic E-state index is 12.5. The number of methoxy groups -OCH3 is 2. The summed E-state index contributed by atoms with van der Waals surface area (Å²) in [6.07, 6.45) is -0.480. The smallest absolute Gasteiger partial charge is 0.251 e. The first kappa shape index (κ1) is 19.1. The fourth-order valence-electron chi connectivity index (χ4n) is 3.41. The molecule has 27 heavy (non-hydrogen) atoms. The first-order chi connectivity index (χ1) is 13.0. The van der Waals surface area contributed by atoms with Gasteiger partial charge in [-0.15, -0.1) is 0 Å². The van der Waals surface area contributed by atoms with Gasteiger partial charge in [-0.1, -0.05) is 48.5 Å². The highest BCUT2D eigenvalue weighted by atomic mass is 16.7. The van der Waals surface area contributed by atoms with Gasteiger partial charge in [-0.05, 0) is 53.4 Å². The fraction of sp³-hybridized carbons (Fsp3) is 0.261. The summed E-state index contributed by atoms with van der Waals surface area (Å²) < 4.78 is 10.4. The third kappa shape index (κ3) is 4.02. The standard InChI is InChI=1S/C23H25NO3/c1-15-9-10-17-7-5-6-8-20(17)21(15)18-11-13-19(14-12-18)22(25)24-16(2)23(26-3)27-4/h5-14,16,23H,1-4H3,(H,24,25). The number of benzene rings is 3. The molecule has 1 amide bonds. The lowest BCUT2D eigenvalue weighted by atomic mass is 9.93. The van der Waals surface area contributed by atoms with Crippen LogP contribution in [-0.4, -0.2) is 32.5 Å². The first-order valence-corrected chi connectivity index (χ1v) is 9.00. The number of amides is 1. The zero-order chi connectivity index (χ0) is 19.4. The van der Waals surface area contributed by atoms with Crippen molar-refractivity contribution in [1.82, 2.24) is 5.32 Å². The lowest BCUT2D eigenvalue weighted by molar-refractivity contribution is -0.117. The predicted octanol–water partition coefficient (Wildman–Crippen LogP) is 4.55. The predicted molar refractivity (Wildman–Crippen MR) is 109 cm³/mol. The molecule has 0 radical (unpaired) electrons. The zero-order valence-electron chi connectivity index (χ0n) is 16.2. The highest BCUT2D eigenvalue weighted by Gasteiger charge is 2.19. The Morgan fingerprint density at radius 1 is 0.926 bits per heavy atom. The molecule has 4 heteroatoms. The Labute approximate surface area is 160 Å². The van der Waals surface area contributed by atoms with Crippen LogP contribution in [0.1, 0.15) is 22.8 Å². The summed E-state index contributed by atoms with van der Waals surface area (Å²) in [6.45, 7) is 3.96. The van der Waals surface area contributed by atoms with Crippen LogP contribution in [0.2, 0.25) is 0 Å². The van der Waals surface area contributed by atoms with Gasteiger partial charge in [-0.3, -0.25) is 4.79 Å². The van der Waals surface area contributed by atoms with Gasteiger partial charge in [0.25, 0.3) is 5.91 Å². The van der Waals surface area contributed by atoms with Crippen molar-refractivity contribution in [2.24, 2.45) is 0 Å². The molecule has 0 fully saturated rings. The van der Waals surface area contributed by atoms with Crippen molar-refractivity contribution in [2.45, 2.75) is 26.2 Å². The molecule has 3 rings (SSSR count). The van der Waals surface area contributed by atoms with Gasteiger partial charge in [0, 0.05) is 19.8 Å². The van der Waals surface area contributed by atoms with Gasteiger partial charge >= 0.3 is 0 Å². The van der Waals surface area contributed by atoms with Gasteiger partial charge in [-0.25, -0.2) is 0 Å². The van der Waals surface area contributed by atoms with E-state index in [4.69, 9.17) is 9.47 Å². The van der Waals surface area contributed by atoms with Crippen LogP contribution >= 0.6 is 0 Å². The number of ether oxygens (including phenoxy) is 2. The summed E-state index contributed by atoms with van der Waals surface area (Å²) in [5.41, 5.74) is 4.12. The van der Waals surface area contributed by atoms with E-state index in [0.29, 0.717) is 5.56 Å². The minimum absolute atomic E-state index is 0.150. The average Bonchev–Trinajstić information content (AvgIpc) is 2.69. The lowest BCUT2D eigenvalue weighted by Crippen LogP contribution is -2.42. The van der Waals surface area contributed by atoms with E-state index in [1.165, 1.54) is 21.9 Å². The van der Waals surface area contributed by atoms with Crippen molar-refractivity contribution in [3.63, 3.8) is 0 Å². The van der Waals surface area contributed by atoms with Crippen LogP contribution in [-0.2, 0) is 9.47 Å². The van der Waals surface area contributed by atoms with E-state index in [1.54, 1.807) is 14.2 Å². The number of carbonyl (C=O) groups is 1. The molecule has 0 spiro atoms. The van der Waals surface area contributed by atoms with Crippen LogP contribution in [0.5, 0.6) is 0 Å². The van der Waals surface area contributed by atoms with E-state index in [0.717, 1.165) is 5.56 Å². The molecule has 0 bridgehead atoms. The van der Waals surface area contributed by atoms with Crippen molar-refractivity contribution < 1.29 is 14.3 Å². The zero-order valence-corrected chi connectivity index (χ0v) is 16.2. The van der Waals surface area contributed by atoms with Gasteiger partial charge in [0.05, 0.1) is 6.04 Å². The van der Waals surface area contributed by atoms with Crippen LogP contribution in [0.3, 0.4) is 0 Å². The first-order valence-electron chi connectivity index (χ1n) is 9.00. The Balaban J connectivity index is 1.86. The number of rotatable bonds is 6. The van der Waals surface area contributed by atoms with Crippen molar-refractivity contribution in [3.8, 4) is 11.1 Å². The molecular formula is C23H25NO3. The number of hydrogen-bond donors (Lipinski definition) is 1. The van der Waals surface area contributed by atoms with Gasteiger partial charge in [0.1, 0.15) is 0 Å². The Hall–Kier alpha value is -2.69. The van der Waals surface area contributed by atoms with Crippen LogP contribution < -0.4 is 5.32 Å². The molecule has 0 heterocycles. The van der Waals surface area contributed by atoms with Crippen molar-refractivity contribution >= 4 is 16.7 Å². The third-order valence-electron chi connectivity index (χ3n) is 4.80. The summed E-state index contributed by atoms with van der Waals surface area (Å²) in [7, 11) is 3.11. The molecular weight excluding hydrogens is 338 g/mol. The molecule has 0 aliphatic rings. The second-order valence-electron chi connectivity index (χ2n) is 6.66. The van der Waals surface area contributed by atoms with Crippen LogP contribution in [0.15, 0.2) is 60.7 Å². The highest BCUT2D eigenvalue weighted by Crippen LogP contribution is 2.32. The molecule has 3 aromatic carbocycles. The highest BCUT2D eigenvalue weighted by molar-refractivity contribution is 5.99. The van der Waals surface area contributed by atoms with Crippen LogP contribution in [0.25, 0.3) is 21.9 Å². The van der Waals surface area contributed by atoms with E-state index >= 15 is 0 Å². The summed E-state index contributed by atoms with van der Waals surface area (Å²) in [6, 6.07) is 20.1. The molecule has 1 atom stereocenters. The largest absolute Gasteiger partial charge is 0.354 e. The third-order valence-corrected chi connectivity index (χ3v) is 4.80. The van der Waals surface area contributed by atoms with E-state index in [1.807, 2.05) is 37.3 Å². The maximum absolute atomic E-state index is 12.5. The molecule has 140 valence electrons. The molecule has 0 saturated heterocycles. The number of nitrogens with one attached hydrogen (secondary N) is 1. The van der Waals surface area contributed by atoms with E-state index in [-0.39, 0.29) is 11.9 Å². The second-order valence-corrected chi connectivity index (χ2v) is 6.66. The van der Waals surface area contributed by atoms with Crippen molar-refractivity contribution in [2.75, 3.05) is 14.2 Å². The molecule has 0 aliphatic heterocycles. The topological polar surface area (TPSA) is 47.6 Å². The van der Waals surface area contributed by atoms with Crippen LogP contribution in [0.4, 0.5) is 0 Å². The van der Waals surface area contributed by atoms with Gasteiger partial charge in [0.15, 0.2) is 6.29 Å². The molecule has 0 aromatic heterocycles. The fourth-order valence-corrected chi connectivity index (χ4v) is 3.41. The summed E-state index contributed by atoms with van der Waals surface area (Å²) in [4.78, 5) is 12.5. The Morgan fingerprint density at radius 2 is 1.59 bits per heavy atom. The van der Waals surface area contributed by atoms with E-state index in [9.17, 15) is 4.79 Å². The van der Waals surface area contributed by atoms with Crippen LogP contribution in [0, 0.1) is 6.92 Å². The average molecular weight is 363 g/mol. The SMILES string of the molecule is COC(OC)C(C)NC(=O)c1ccc(-c2c(C)ccc3ccccc23)cc1. The minimum Gasteiger partial charge on any atom is -0.354 e.